The van der Waals surface area contributed by atoms with E-state index in [4.69, 9.17) is 10.8 Å². The number of nitrogens with one attached hydrogen (secondary N) is 1. The standard InChI is InChI=1S/C13H9NO2/c1-2-10-6-3-4-7-11(10)14-13(15)12-8-5-9-16-12/h1,3-9H,(H,14,15). The summed E-state index contributed by atoms with van der Waals surface area (Å²) in [5.41, 5.74) is 1.24. The summed E-state index contributed by atoms with van der Waals surface area (Å²) >= 11 is 0. The lowest BCUT2D eigenvalue weighted by Gasteiger charge is -2.05. The molecule has 1 aromatic heterocycles. The summed E-state index contributed by atoms with van der Waals surface area (Å²) in [6.45, 7) is 0. The third-order valence-electron chi connectivity index (χ3n) is 2.08. The first-order valence-electron chi connectivity index (χ1n) is 4.72. The number of hydrogen-bond acceptors (Lipinski definition) is 2. The molecule has 3 heteroatoms. The summed E-state index contributed by atoms with van der Waals surface area (Å²) < 4.78 is 4.98. The maximum Gasteiger partial charge on any atom is 0.291 e. The smallest absolute Gasteiger partial charge is 0.291 e. The highest BCUT2D eigenvalue weighted by Crippen LogP contribution is 2.14. The Bertz CT molecular complexity index is 535. The monoisotopic (exact) mass is 211 g/mol. The van der Waals surface area contributed by atoms with E-state index in [0.717, 1.165) is 0 Å². The third kappa shape index (κ3) is 1.96. The van der Waals surface area contributed by atoms with Crippen LogP contribution in [0.3, 0.4) is 0 Å². The zero-order valence-corrected chi connectivity index (χ0v) is 8.44. The van der Waals surface area contributed by atoms with Gasteiger partial charge in [-0.25, -0.2) is 0 Å². The van der Waals surface area contributed by atoms with Gasteiger partial charge in [0.05, 0.1) is 12.0 Å². The quantitative estimate of drug-likeness (QED) is 0.775. The lowest BCUT2D eigenvalue weighted by Crippen LogP contribution is -2.11. The number of carbonyl (C=O) groups excluding carboxylic acids is 1. The molecular weight excluding hydrogens is 202 g/mol. The summed E-state index contributed by atoms with van der Waals surface area (Å²) in [6.07, 6.45) is 6.77. The number of hydrogen-bond donors (Lipinski definition) is 1. The molecule has 1 N–H and O–H groups in total. The molecule has 1 heterocycles. The van der Waals surface area contributed by atoms with Gasteiger partial charge < -0.3 is 9.73 Å². The van der Waals surface area contributed by atoms with Crippen molar-refractivity contribution in [3.63, 3.8) is 0 Å². The molecule has 3 nitrogen and oxygen atoms in total. The van der Waals surface area contributed by atoms with Crippen LogP contribution >= 0.6 is 0 Å². The van der Waals surface area contributed by atoms with E-state index >= 15 is 0 Å². The van der Waals surface area contributed by atoms with E-state index in [1.54, 1.807) is 30.3 Å². The highest BCUT2D eigenvalue weighted by molar-refractivity contribution is 6.02. The zero-order valence-electron chi connectivity index (χ0n) is 8.44. The Kier molecular flexibility index (Phi) is 2.75. The fourth-order valence-corrected chi connectivity index (χ4v) is 1.31. The summed E-state index contributed by atoms with van der Waals surface area (Å²) in [5, 5.41) is 2.69. The van der Waals surface area contributed by atoms with Gasteiger partial charge >= 0.3 is 0 Å². The zero-order chi connectivity index (χ0) is 11.4. The van der Waals surface area contributed by atoms with E-state index < -0.39 is 0 Å². The number of para-hydroxylation sites is 1. The van der Waals surface area contributed by atoms with Crippen LogP contribution in [-0.4, -0.2) is 5.91 Å². The molecule has 0 saturated carbocycles. The molecule has 0 radical (unpaired) electrons. The number of anilines is 1. The summed E-state index contributed by atoms with van der Waals surface area (Å²) in [7, 11) is 0. The molecule has 1 amide bonds. The Morgan fingerprint density at radius 3 is 2.75 bits per heavy atom. The minimum absolute atomic E-state index is 0.256. The van der Waals surface area contributed by atoms with Gasteiger partial charge in [0.15, 0.2) is 5.76 Å². The highest BCUT2D eigenvalue weighted by atomic mass is 16.3. The number of furan rings is 1. The Morgan fingerprint density at radius 2 is 2.06 bits per heavy atom. The van der Waals surface area contributed by atoms with Gasteiger partial charge in [0.25, 0.3) is 5.91 Å². The minimum Gasteiger partial charge on any atom is -0.459 e. The number of terminal acetylenes is 1. The van der Waals surface area contributed by atoms with Gasteiger partial charge in [-0.15, -0.1) is 6.42 Å². The Balaban J connectivity index is 2.22. The second-order valence-corrected chi connectivity index (χ2v) is 3.12. The van der Waals surface area contributed by atoms with Gasteiger partial charge in [0.1, 0.15) is 0 Å². The van der Waals surface area contributed by atoms with Crippen molar-refractivity contribution >= 4 is 11.6 Å². The lowest BCUT2D eigenvalue weighted by atomic mass is 10.2. The average Bonchev–Trinajstić information content (AvgIpc) is 2.83. The van der Waals surface area contributed by atoms with Crippen molar-refractivity contribution in [2.75, 3.05) is 5.32 Å². The van der Waals surface area contributed by atoms with E-state index in [1.807, 2.05) is 6.07 Å². The molecule has 0 spiro atoms. The van der Waals surface area contributed by atoms with E-state index in [2.05, 4.69) is 11.2 Å². The average molecular weight is 211 g/mol. The molecular formula is C13H9NO2. The van der Waals surface area contributed by atoms with Crippen LogP contribution in [0.25, 0.3) is 0 Å². The van der Waals surface area contributed by atoms with Crippen LogP contribution < -0.4 is 5.32 Å². The molecule has 0 aliphatic heterocycles. The maximum atomic E-state index is 11.7. The van der Waals surface area contributed by atoms with Crippen molar-refractivity contribution in [3.05, 3.63) is 54.0 Å². The molecule has 1 aromatic carbocycles. The third-order valence-corrected chi connectivity index (χ3v) is 2.08. The predicted octanol–water partition coefficient (Wildman–Crippen LogP) is 2.51. The molecule has 78 valence electrons. The molecule has 0 bridgehead atoms. The molecule has 16 heavy (non-hydrogen) atoms. The van der Waals surface area contributed by atoms with Crippen LogP contribution in [0.1, 0.15) is 16.1 Å². The largest absolute Gasteiger partial charge is 0.459 e. The van der Waals surface area contributed by atoms with Gasteiger partial charge in [-0.05, 0) is 24.3 Å². The second-order valence-electron chi connectivity index (χ2n) is 3.12. The molecule has 0 unspecified atom stereocenters. The fraction of sp³-hybridized carbons (Fsp3) is 0. The van der Waals surface area contributed by atoms with E-state index in [0.29, 0.717) is 11.3 Å². The molecule has 0 fully saturated rings. The van der Waals surface area contributed by atoms with Crippen LogP contribution in [-0.2, 0) is 0 Å². The fourth-order valence-electron chi connectivity index (χ4n) is 1.31. The first kappa shape index (κ1) is 10.1. The SMILES string of the molecule is C#Cc1ccccc1NC(=O)c1ccco1. The molecule has 2 rings (SSSR count). The Morgan fingerprint density at radius 1 is 1.25 bits per heavy atom. The van der Waals surface area contributed by atoms with Crippen LogP contribution in [0.5, 0.6) is 0 Å². The first-order chi connectivity index (χ1) is 7.81. The number of carbonyl (C=O) groups is 1. The van der Waals surface area contributed by atoms with Crippen molar-refractivity contribution in [1.29, 1.82) is 0 Å². The topological polar surface area (TPSA) is 42.2 Å². The predicted molar refractivity (Wildman–Crippen MR) is 61.0 cm³/mol. The van der Waals surface area contributed by atoms with Crippen LogP contribution in [0.2, 0.25) is 0 Å². The van der Waals surface area contributed by atoms with Gasteiger partial charge in [-0.1, -0.05) is 18.1 Å². The van der Waals surface area contributed by atoms with Crippen molar-refractivity contribution < 1.29 is 9.21 Å². The number of rotatable bonds is 2. The van der Waals surface area contributed by atoms with Gasteiger partial charge in [-0.3, -0.25) is 4.79 Å². The highest BCUT2D eigenvalue weighted by Gasteiger charge is 2.09. The van der Waals surface area contributed by atoms with Gasteiger partial charge in [0, 0.05) is 5.56 Å². The number of benzene rings is 1. The van der Waals surface area contributed by atoms with Crippen molar-refractivity contribution in [3.8, 4) is 12.3 Å². The van der Waals surface area contributed by atoms with E-state index in [9.17, 15) is 4.79 Å². The van der Waals surface area contributed by atoms with E-state index in [-0.39, 0.29) is 11.7 Å². The molecule has 0 aliphatic carbocycles. The second kappa shape index (κ2) is 4.37. The molecule has 2 aromatic rings. The number of amides is 1. The Hall–Kier alpha value is -2.47. The van der Waals surface area contributed by atoms with E-state index in [1.165, 1.54) is 6.26 Å². The maximum absolute atomic E-state index is 11.7. The van der Waals surface area contributed by atoms with Crippen LogP contribution in [0.15, 0.2) is 47.1 Å². The van der Waals surface area contributed by atoms with Gasteiger partial charge in [-0.2, -0.15) is 0 Å². The lowest BCUT2D eigenvalue weighted by molar-refractivity contribution is 0.0996. The molecule has 0 aliphatic rings. The summed E-state index contributed by atoms with van der Waals surface area (Å²) in [4.78, 5) is 11.7. The van der Waals surface area contributed by atoms with Crippen molar-refractivity contribution in [1.82, 2.24) is 0 Å². The minimum atomic E-state index is -0.312. The Labute approximate surface area is 93.1 Å². The van der Waals surface area contributed by atoms with Crippen LogP contribution in [0.4, 0.5) is 5.69 Å². The summed E-state index contributed by atoms with van der Waals surface area (Å²) in [6, 6.07) is 10.4. The summed E-state index contributed by atoms with van der Waals surface area (Å²) in [5.74, 6) is 2.44. The van der Waals surface area contributed by atoms with Crippen LogP contribution in [0, 0.1) is 12.3 Å². The van der Waals surface area contributed by atoms with Crippen molar-refractivity contribution in [2.24, 2.45) is 0 Å². The molecule has 0 saturated heterocycles. The van der Waals surface area contributed by atoms with Crippen molar-refractivity contribution in [2.45, 2.75) is 0 Å². The normalized spacial score (nSPS) is 9.44. The molecule has 0 atom stereocenters. The van der Waals surface area contributed by atoms with Gasteiger partial charge in [0.2, 0.25) is 0 Å². The first-order valence-corrected chi connectivity index (χ1v) is 4.72.